The second-order valence-electron chi connectivity index (χ2n) is 7.82. The van der Waals surface area contributed by atoms with Crippen molar-refractivity contribution in [3.63, 3.8) is 0 Å². The Morgan fingerprint density at radius 3 is 1.42 bits per heavy atom. The minimum atomic E-state index is -3.96. The normalized spacial score (nSPS) is 11.7. The minimum Gasteiger partial charge on any atom is -0.497 e. The van der Waals surface area contributed by atoms with Crippen molar-refractivity contribution in [3.8, 4) is 11.5 Å². The molecule has 0 spiro atoms. The molecule has 5 heteroatoms. The predicted octanol–water partition coefficient (Wildman–Crippen LogP) is 5.78. The van der Waals surface area contributed by atoms with Gasteiger partial charge in [0.1, 0.15) is 11.5 Å². The molecule has 0 aliphatic rings. The fourth-order valence-corrected chi connectivity index (χ4v) is 6.37. The monoisotopic (exact) mass is 458 g/mol. The highest BCUT2D eigenvalue weighted by Crippen LogP contribution is 2.47. The third-order valence-electron chi connectivity index (χ3n) is 5.91. The van der Waals surface area contributed by atoms with Crippen molar-refractivity contribution in [2.45, 2.75) is 16.6 Å². The summed E-state index contributed by atoms with van der Waals surface area (Å²) >= 11 is 0. The molecule has 4 aromatic rings. The molecule has 0 aliphatic carbocycles. The smallest absolute Gasteiger partial charge is 0.196 e. The average molecular weight is 459 g/mol. The summed E-state index contributed by atoms with van der Waals surface area (Å²) in [6.07, 6.45) is 0. The Morgan fingerprint density at radius 1 is 0.576 bits per heavy atom. The maximum absolute atomic E-state index is 14.6. The summed E-state index contributed by atoms with van der Waals surface area (Å²) < 4.78 is 38.4. The first-order chi connectivity index (χ1) is 15.9. The number of rotatable bonds is 7. The van der Waals surface area contributed by atoms with Crippen LogP contribution in [-0.2, 0) is 14.6 Å². The standard InChI is InChI=1S/C28H26O4S/c1-21-9-19-27(20-10-21)33(29,30)28(22-7-5-4-6-8-22,23-11-15-25(31-2)16-12-23)24-13-17-26(32-3)18-14-24/h4-20H,1-3H3. The fraction of sp³-hybridized carbons (Fsp3) is 0.143. The quantitative estimate of drug-likeness (QED) is 0.330. The zero-order valence-electron chi connectivity index (χ0n) is 18.9. The topological polar surface area (TPSA) is 52.6 Å². The van der Waals surface area contributed by atoms with Crippen molar-refractivity contribution in [1.82, 2.24) is 0 Å². The van der Waals surface area contributed by atoms with Crippen molar-refractivity contribution in [3.05, 3.63) is 125 Å². The van der Waals surface area contributed by atoms with Crippen molar-refractivity contribution >= 4 is 9.84 Å². The molecule has 0 N–H and O–H groups in total. The number of benzene rings is 4. The summed E-state index contributed by atoms with van der Waals surface area (Å²) in [7, 11) is -0.781. The molecule has 0 fully saturated rings. The summed E-state index contributed by atoms with van der Waals surface area (Å²) in [6.45, 7) is 1.94. The summed E-state index contributed by atoms with van der Waals surface area (Å²) in [4.78, 5) is 0.253. The van der Waals surface area contributed by atoms with Gasteiger partial charge in [-0.15, -0.1) is 0 Å². The van der Waals surface area contributed by atoms with Crippen LogP contribution in [0.5, 0.6) is 11.5 Å². The van der Waals surface area contributed by atoms with Crippen LogP contribution in [-0.4, -0.2) is 22.6 Å². The van der Waals surface area contributed by atoms with Crippen LogP contribution in [0.15, 0.2) is 108 Å². The number of sulfone groups is 1. The lowest BCUT2D eigenvalue weighted by molar-refractivity contribution is 0.414. The molecule has 0 amide bonds. The van der Waals surface area contributed by atoms with Gasteiger partial charge in [0.25, 0.3) is 0 Å². The van der Waals surface area contributed by atoms with Gasteiger partial charge < -0.3 is 9.47 Å². The molecule has 0 saturated heterocycles. The Kier molecular flexibility index (Phi) is 6.25. The van der Waals surface area contributed by atoms with Crippen LogP contribution in [0.25, 0.3) is 0 Å². The summed E-state index contributed by atoms with van der Waals surface area (Å²) in [5, 5.41) is 0. The van der Waals surface area contributed by atoms with Gasteiger partial charge in [0.15, 0.2) is 14.6 Å². The Balaban J connectivity index is 2.12. The molecule has 0 heterocycles. The van der Waals surface area contributed by atoms with Gasteiger partial charge in [-0.25, -0.2) is 8.42 Å². The van der Waals surface area contributed by atoms with Crippen LogP contribution in [0.4, 0.5) is 0 Å². The molecule has 0 aromatic heterocycles. The van der Waals surface area contributed by atoms with E-state index in [0.717, 1.165) is 5.56 Å². The highest BCUT2D eigenvalue weighted by molar-refractivity contribution is 7.92. The van der Waals surface area contributed by atoms with Crippen molar-refractivity contribution in [1.29, 1.82) is 0 Å². The van der Waals surface area contributed by atoms with E-state index in [1.807, 2.05) is 73.7 Å². The number of hydrogen-bond donors (Lipinski definition) is 0. The highest BCUT2D eigenvalue weighted by Gasteiger charge is 2.49. The Morgan fingerprint density at radius 2 is 1.00 bits per heavy atom. The van der Waals surface area contributed by atoms with Crippen LogP contribution in [0.3, 0.4) is 0 Å². The highest BCUT2D eigenvalue weighted by atomic mass is 32.2. The molecule has 4 nitrogen and oxygen atoms in total. The van der Waals surface area contributed by atoms with Crippen LogP contribution in [0.2, 0.25) is 0 Å². The number of methoxy groups -OCH3 is 2. The molecule has 4 aromatic carbocycles. The zero-order chi connectivity index (χ0) is 23.5. The van der Waals surface area contributed by atoms with Crippen LogP contribution in [0.1, 0.15) is 22.3 Å². The Labute approximate surface area is 195 Å². The lowest BCUT2D eigenvalue weighted by atomic mass is 9.84. The van der Waals surface area contributed by atoms with E-state index in [1.54, 1.807) is 50.6 Å². The molecule has 33 heavy (non-hydrogen) atoms. The van der Waals surface area contributed by atoms with Gasteiger partial charge >= 0.3 is 0 Å². The van der Waals surface area contributed by atoms with Crippen molar-refractivity contribution in [2.75, 3.05) is 14.2 Å². The van der Waals surface area contributed by atoms with Gasteiger partial charge in [-0.3, -0.25) is 0 Å². The van der Waals surface area contributed by atoms with Gasteiger partial charge in [0.2, 0.25) is 0 Å². The zero-order valence-corrected chi connectivity index (χ0v) is 19.7. The molecule has 0 atom stereocenters. The van der Waals surface area contributed by atoms with Gasteiger partial charge in [-0.05, 0) is 60.0 Å². The maximum Gasteiger partial charge on any atom is 0.196 e. The van der Waals surface area contributed by atoms with Gasteiger partial charge in [-0.1, -0.05) is 72.3 Å². The third-order valence-corrected chi connectivity index (χ3v) is 8.31. The molecule has 0 radical (unpaired) electrons. The van der Waals surface area contributed by atoms with Crippen LogP contribution in [0, 0.1) is 6.92 Å². The number of ether oxygens (including phenoxy) is 2. The first-order valence-electron chi connectivity index (χ1n) is 10.6. The molecule has 0 unspecified atom stereocenters. The van der Waals surface area contributed by atoms with E-state index < -0.39 is 14.6 Å². The molecular weight excluding hydrogens is 432 g/mol. The largest absolute Gasteiger partial charge is 0.497 e. The van der Waals surface area contributed by atoms with Crippen LogP contribution >= 0.6 is 0 Å². The van der Waals surface area contributed by atoms with E-state index >= 15 is 0 Å². The van der Waals surface area contributed by atoms with Crippen molar-refractivity contribution in [2.24, 2.45) is 0 Å². The molecular formula is C28H26O4S. The third kappa shape index (κ3) is 3.89. The summed E-state index contributed by atoms with van der Waals surface area (Å²) in [5.74, 6) is 1.31. The van der Waals surface area contributed by atoms with Gasteiger partial charge in [-0.2, -0.15) is 0 Å². The number of aryl methyl sites for hydroxylation is 1. The molecule has 0 aliphatic heterocycles. The summed E-state index contributed by atoms with van der Waals surface area (Å²) in [5.41, 5.74) is 2.90. The van der Waals surface area contributed by atoms with E-state index in [2.05, 4.69) is 0 Å². The maximum atomic E-state index is 14.6. The van der Waals surface area contributed by atoms with E-state index in [1.165, 1.54) is 0 Å². The molecule has 4 rings (SSSR count). The number of hydrogen-bond acceptors (Lipinski definition) is 4. The van der Waals surface area contributed by atoms with Crippen LogP contribution < -0.4 is 9.47 Å². The molecule has 0 bridgehead atoms. The van der Waals surface area contributed by atoms with E-state index in [4.69, 9.17) is 9.47 Å². The Hall–Kier alpha value is -3.57. The minimum absolute atomic E-state index is 0.253. The van der Waals surface area contributed by atoms with E-state index in [0.29, 0.717) is 28.2 Å². The molecule has 0 saturated carbocycles. The Bertz CT molecular complexity index is 1260. The second kappa shape index (κ2) is 9.12. The lowest BCUT2D eigenvalue weighted by Gasteiger charge is -2.35. The van der Waals surface area contributed by atoms with Gasteiger partial charge in [0, 0.05) is 0 Å². The predicted molar refractivity (Wildman–Crippen MR) is 131 cm³/mol. The average Bonchev–Trinajstić information content (AvgIpc) is 2.86. The first-order valence-corrected chi connectivity index (χ1v) is 12.1. The van der Waals surface area contributed by atoms with E-state index in [9.17, 15) is 8.42 Å². The van der Waals surface area contributed by atoms with Crippen molar-refractivity contribution < 1.29 is 17.9 Å². The van der Waals surface area contributed by atoms with E-state index in [-0.39, 0.29) is 4.90 Å². The summed E-state index contributed by atoms with van der Waals surface area (Å²) in [6, 6.07) is 30.8. The fourth-order valence-electron chi connectivity index (χ4n) is 4.18. The SMILES string of the molecule is COc1ccc(C(c2ccccc2)(c2ccc(OC)cc2)S(=O)(=O)c2ccc(C)cc2)cc1. The lowest BCUT2D eigenvalue weighted by Crippen LogP contribution is -2.38. The second-order valence-corrected chi connectivity index (χ2v) is 9.91. The van der Waals surface area contributed by atoms with Gasteiger partial charge in [0.05, 0.1) is 19.1 Å². The molecule has 168 valence electrons. The first kappa shape index (κ1) is 22.6.